The van der Waals surface area contributed by atoms with Crippen LogP contribution in [0.3, 0.4) is 0 Å². The minimum Gasteiger partial charge on any atom is -0.462 e. The Morgan fingerprint density at radius 1 is 1.03 bits per heavy atom. The third-order valence-corrected chi connectivity index (χ3v) is 12.1. The number of benzene rings is 1. The van der Waals surface area contributed by atoms with Crippen molar-refractivity contribution in [2.45, 2.75) is 118 Å². The normalized spacial score (nSPS) is 36.5. The molecule has 4 aliphatic carbocycles. The lowest BCUT2D eigenvalue weighted by molar-refractivity contribution is -0.150. The highest BCUT2D eigenvalue weighted by Gasteiger charge is 2.59. The van der Waals surface area contributed by atoms with Gasteiger partial charge in [-0.05, 0) is 109 Å². The van der Waals surface area contributed by atoms with Gasteiger partial charge in [0.05, 0.1) is 6.42 Å². The summed E-state index contributed by atoms with van der Waals surface area (Å²) in [6.07, 6.45) is 16.9. The molecule has 3 saturated carbocycles. The molecule has 0 radical (unpaired) electrons. The van der Waals surface area contributed by atoms with Gasteiger partial charge in [-0.25, -0.2) is 0 Å². The first-order valence-electron chi connectivity index (χ1n) is 16.0. The smallest absolute Gasteiger partial charge is 0.310 e. The second-order valence-corrected chi connectivity index (χ2v) is 14.8. The standard InChI is InChI=1S/C35H54N2O2/c1-22(2)7-6-8-23(3)29-13-14-30-28-12-10-25-20-27(15-17-34(25,4)31(28)16-18-35(29,30)5)39-33(38)19-24-9-11-26(36)21-32(24)37/h9-11,21-23,27-31H,6-8,12-20,36-37H2,1-5H3/t23?,27?,28?,29?,30?,31?,34-,35?/m0/s1. The number of anilines is 2. The van der Waals surface area contributed by atoms with Crippen LogP contribution < -0.4 is 11.5 Å². The molecule has 0 saturated heterocycles. The average molecular weight is 535 g/mol. The molecule has 4 nitrogen and oxygen atoms in total. The van der Waals surface area contributed by atoms with E-state index in [-0.39, 0.29) is 23.9 Å². The molecule has 7 unspecified atom stereocenters. The first-order valence-corrected chi connectivity index (χ1v) is 16.0. The monoisotopic (exact) mass is 534 g/mol. The number of fused-ring (bicyclic) bond motifs is 5. The number of esters is 1. The van der Waals surface area contributed by atoms with E-state index in [9.17, 15) is 4.79 Å². The van der Waals surface area contributed by atoms with Crippen molar-refractivity contribution in [1.29, 1.82) is 0 Å². The molecule has 3 fully saturated rings. The third kappa shape index (κ3) is 5.51. The lowest BCUT2D eigenvalue weighted by Crippen LogP contribution is -2.51. The number of allylic oxidation sites excluding steroid dienone is 1. The van der Waals surface area contributed by atoms with Gasteiger partial charge in [-0.15, -0.1) is 0 Å². The number of nitrogen functional groups attached to an aromatic ring is 2. The van der Waals surface area contributed by atoms with E-state index in [1.807, 2.05) is 6.07 Å². The molecule has 216 valence electrons. The molecular weight excluding hydrogens is 480 g/mol. The maximum Gasteiger partial charge on any atom is 0.310 e. The van der Waals surface area contributed by atoms with Crippen LogP contribution in [0.15, 0.2) is 29.8 Å². The van der Waals surface area contributed by atoms with E-state index >= 15 is 0 Å². The van der Waals surface area contributed by atoms with E-state index in [0.717, 1.165) is 60.3 Å². The SMILES string of the molecule is CC(C)CCCC(C)C1CCC2C3CC=C4CC(OC(=O)Cc5ccc(N)cc5N)CC[C@]4(C)C3CCC12C. The minimum absolute atomic E-state index is 0.0141. The van der Waals surface area contributed by atoms with Crippen LogP contribution in [0.2, 0.25) is 0 Å². The van der Waals surface area contributed by atoms with Crippen LogP contribution in [0, 0.1) is 46.3 Å². The fourth-order valence-corrected chi connectivity index (χ4v) is 9.91. The van der Waals surface area contributed by atoms with Crippen LogP contribution in [0.1, 0.15) is 111 Å². The maximum atomic E-state index is 12.8. The van der Waals surface area contributed by atoms with Crippen molar-refractivity contribution < 1.29 is 9.53 Å². The predicted octanol–water partition coefficient (Wildman–Crippen LogP) is 8.35. The van der Waals surface area contributed by atoms with Gasteiger partial charge in [-0.3, -0.25) is 4.79 Å². The fraction of sp³-hybridized carbons (Fsp3) is 0.743. The van der Waals surface area contributed by atoms with Crippen LogP contribution in [0.5, 0.6) is 0 Å². The van der Waals surface area contributed by atoms with E-state index in [0.29, 0.717) is 16.8 Å². The summed E-state index contributed by atoms with van der Waals surface area (Å²) in [7, 11) is 0. The molecule has 4 N–H and O–H groups in total. The zero-order valence-electron chi connectivity index (χ0n) is 25.3. The highest BCUT2D eigenvalue weighted by Crippen LogP contribution is 2.67. The molecule has 1 aromatic carbocycles. The Morgan fingerprint density at radius 2 is 1.82 bits per heavy atom. The molecule has 5 rings (SSSR count). The van der Waals surface area contributed by atoms with E-state index < -0.39 is 0 Å². The van der Waals surface area contributed by atoms with Gasteiger partial charge in [0.25, 0.3) is 0 Å². The molecule has 4 aliphatic rings. The van der Waals surface area contributed by atoms with E-state index in [1.54, 1.807) is 17.7 Å². The van der Waals surface area contributed by atoms with E-state index in [1.165, 1.54) is 51.4 Å². The minimum atomic E-state index is -0.178. The number of hydrogen-bond donors (Lipinski definition) is 2. The van der Waals surface area contributed by atoms with Crippen molar-refractivity contribution in [3.63, 3.8) is 0 Å². The van der Waals surface area contributed by atoms with Crippen molar-refractivity contribution >= 4 is 17.3 Å². The van der Waals surface area contributed by atoms with Gasteiger partial charge in [0.15, 0.2) is 0 Å². The van der Waals surface area contributed by atoms with Crippen molar-refractivity contribution in [1.82, 2.24) is 0 Å². The van der Waals surface area contributed by atoms with Gasteiger partial charge in [-0.1, -0.05) is 71.6 Å². The third-order valence-electron chi connectivity index (χ3n) is 12.1. The van der Waals surface area contributed by atoms with Crippen molar-refractivity contribution in [2.75, 3.05) is 11.5 Å². The molecule has 0 amide bonds. The number of nitrogens with two attached hydrogens (primary N) is 2. The quantitative estimate of drug-likeness (QED) is 0.200. The van der Waals surface area contributed by atoms with Gasteiger partial charge < -0.3 is 16.2 Å². The summed E-state index contributed by atoms with van der Waals surface area (Å²) in [5.74, 6) is 4.90. The highest BCUT2D eigenvalue weighted by atomic mass is 16.5. The van der Waals surface area contributed by atoms with Crippen LogP contribution in [-0.4, -0.2) is 12.1 Å². The summed E-state index contributed by atoms with van der Waals surface area (Å²) in [6.45, 7) is 12.5. The van der Waals surface area contributed by atoms with E-state index in [2.05, 4.69) is 40.7 Å². The number of ether oxygens (including phenoxy) is 1. The molecular formula is C35H54N2O2. The Labute approximate surface area is 237 Å². The second kappa shape index (κ2) is 11.1. The predicted molar refractivity (Wildman–Crippen MR) is 162 cm³/mol. The first kappa shape index (κ1) is 28.6. The maximum absolute atomic E-state index is 12.8. The molecule has 0 heterocycles. The molecule has 1 aromatic rings. The van der Waals surface area contributed by atoms with Crippen LogP contribution in [0.25, 0.3) is 0 Å². The Hall–Kier alpha value is -1.97. The number of hydrogen-bond acceptors (Lipinski definition) is 4. The van der Waals surface area contributed by atoms with Gasteiger partial charge in [0, 0.05) is 17.8 Å². The highest BCUT2D eigenvalue weighted by molar-refractivity contribution is 5.75. The number of rotatable bonds is 8. The average Bonchev–Trinajstić information content (AvgIpc) is 3.23. The largest absolute Gasteiger partial charge is 0.462 e. The fourth-order valence-electron chi connectivity index (χ4n) is 9.91. The number of carbonyl (C=O) groups excluding carboxylic acids is 1. The molecule has 0 aliphatic heterocycles. The van der Waals surface area contributed by atoms with Gasteiger partial charge in [0.2, 0.25) is 0 Å². The first-order chi connectivity index (χ1) is 18.5. The molecule has 0 aromatic heterocycles. The summed E-state index contributed by atoms with van der Waals surface area (Å²) >= 11 is 0. The molecule has 8 atom stereocenters. The van der Waals surface area contributed by atoms with Crippen LogP contribution in [-0.2, 0) is 16.0 Å². The van der Waals surface area contributed by atoms with Crippen molar-refractivity contribution in [3.05, 3.63) is 35.4 Å². The summed E-state index contributed by atoms with van der Waals surface area (Å²) in [6, 6.07) is 5.35. The second-order valence-electron chi connectivity index (χ2n) is 14.8. The van der Waals surface area contributed by atoms with Gasteiger partial charge in [0.1, 0.15) is 6.10 Å². The Morgan fingerprint density at radius 3 is 2.56 bits per heavy atom. The zero-order valence-corrected chi connectivity index (χ0v) is 25.3. The number of carbonyl (C=O) groups is 1. The molecule has 0 bridgehead atoms. The summed E-state index contributed by atoms with van der Waals surface area (Å²) in [5, 5.41) is 0. The zero-order chi connectivity index (χ0) is 27.9. The lowest BCUT2D eigenvalue weighted by Gasteiger charge is -2.58. The van der Waals surface area contributed by atoms with Gasteiger partial charge >= 0.3 is 5.97 Å². The van der Waals surface area contributed by atoms with Crippen molar-refractivity contribution in [2.24, 2.45) is 46.3 Å². The van der Waals surface area contributed by atoms with Gasteiger partial charge in [-0.2, -0.15) is 0 Å². The van der Waals surface area contributed by atoms with Crippen LogP contribution in [0.4, 0.5) is 11.4 Å². The molecule has 39 heavy (non-hydrogen) atoms. The molecule has 4 heteroatoms. The summed E-state index contributed by atoms with van der Waals surface area (Å²) < 4.78 is 6.02. The summed E-state index contributed by atoms with van der Waals surface area (Å²) in [5.41, 5.74) is 16.2. The molecule has 0 spiro atoms. The Kier molecular flexibility index (Phi) is 8.15. The van der Waals surface area contributed by atoms with Crippen LogP contribution >= 0.6 is 0 Å². The van der Waals surface area contributed by atoms with E-state index in [4.69, 9.17) is 16.2 Å². The lowest BCUT2D eigenvalue weighted by atomic mass is 9.47. The summed E-state index contributed by atoms with van der Waals surface area (Å²) in [4.78, 5) is 12.8. The van der Waals surface area contributed by atoms with Crippen molar-refractivity contribution in [3.8, 4) is 0 Å². The Bertz CT molecular complexity index is 1080. The topological polar surface area (TPSA) is 78.3 Å². The Balaban J connectivity index is 1.22.